The fourth-order valence-corrected chi connectivity index (χ4v) is 2.81. The summed E-state index contributed by atoms with van der Waals surface area (Å²) < 4.78 is 29.2. The van der Waals surface area contributed by atoms with Crippen molar-refractivity contribution >= 4 is 22.3 Å². The normalized spacial score (nSPS) is 11.0. The largest absolute Gasteiger partial charge is 0.396 e. The van der Waals surface area contributed by atoms with Crippen LogP contribution in [0.4, 0.5) is 20.2 Å². The van der Waals surface area contributed by atoms with Gasteiger partial charge in [-0.05, 0) is 36.6 Å². The Morgan fingerprint density at radius 3 is 2.50 bits per heavy atom. The maximum Gasteiger partial charge on any atom is 0.259 e. The van der Waals surface area contributed by atoms with Gasteiger partial charge in [-0.15, -0.1) is 0 Å². The van der Waals surface area contributed by atoms with E-state index >= 15 is 0 Å². The molecule has 0 atom stereocenters. The summed E-state index contributed by atoms with van der Waals surface area (Å²) in [6.45, 7) is 2.26. The highest BCUT2D eigenvalue weighted by atomic mass is 19.1. The Balaban J connectivity index is 2.36. The van der Waals surface area contributed by atoms with Crippen molar-refractivity contribution in [1.82, 2.24) is 4.57 Å². The number of hydrogen-bond donors (Lipinski definition) is 2. The van der Waals surface area contributed by atoms with E-state index in [1.807, 2.05) is 25.1 Å². The Kier molecular flexibility index (Phi) is 3.97. The number of nitrogen functional groups attached to an aromatic ring is 1. The van der Waals surface area contributed by atoms with Crippen molar-refractivity contribution in [3.63, 3.8) is 0 Å². The van der Waals surface area contributed by atoms with Crippen LogP contribution >= 0.6 is 0 Å². The minimum absolute atomic E-state index is 0.000642. The van der Waals surface area contributed by atoms with Crippen LogP contribution in [0, 0.1) is 11.6 Å². The van der Waals surface area contributed by atoms with E-state index in [-0.39, 0.29) is 22.4 Å². The van der Waals surface area contributed by atoms with E-state index in [4.69, 9.17) is 5.73 Å². The van der Waals surface area contributed by atoms with E-state index in [1.165, 1.54) is 0 Å². The molecule has 0 radical (unpaired) electrons. The van der Waals surface area contributed by atoms with Crippen molar-refractivity contribution in [3.05, 3.63) is 58.4 Å². The van der Waals surface area contributed by atoms with Gasteiger partial charge in [0.25, 0.3) is 5.56 Å². The quantitative estimate of drug-likeness (QED) is 0.722. The Morgan fingerprint density at radius 1 is 1.08 bits per heavy atom. The first-order valence-corrected chi connectivity index (χ1v) is 7.56. The molecule has 0 aliphatic rings. The van der Waals surface area contributed by atoms with E-state index in [0.29, 0.717) is 12.6 Å². The van der Waals surface area contributed by atoms with Crippen molar-refractivity contribution < 1.29 is 8.78 Å². The number of nitrogens with two attached hydrogens (primary N) is 1. The van der Waals surface area contributed by atoms with Crippen molar-refractivity contribution in [2.75, 3.05) is 18.1 Å². The molecule has 4 nitrogen and oxygen atoms in total. The van der Waals surface area contributed by atoms with Crippen LogP contribution in [-0.4, -0.2) is 11.6 Å². The number of aromatic nitrogens is 1. The number of nitrogens with one attached hydrogen (secondary N) is 1. The minimum Gasteiger partial charge on any atom is -0.396 e. The first-order valence-electron chi connectivity index (χ1n) is 7.56. The standard InChI is InChI=1S/C18H17F2N3O/c1-3-23-17-7-11(22-2)5-4-10(17)6-13(18(23)24)12-8-16(21)15(20)9-14(12)19/h4-9,22H,3,21H2,1-2H3. The number of fused-ring (bicyclic) bond motifs is 1. The van der Waals surface area contributed by atoms with Crippen molar-refractivity contribution in [3.8, 4) is 11.1 Å². The number of rotatable bonds is 3. The van der Waals surface area contributed by atoms with Gasteiger partial charge in [0.1, 0.15) is 11.6 Å². The Bertz CT molecular complexity index is 996. The minimum atomic E-state index is -0.841. The summed E-state index contributed by atoms with van der Waals surface area (Å²) in [7, 11) is 1.79. The van der Waals surface area contributed by atoms with Gasteiger partial charge in [-0.3, -0.25) is 4.79 Å². The molecule has 0 unspecified atom stereocenters. The zero-order valence-corrected chi connectivity index (χ0v) is 13.4. The second-order valence-corrected chi connectivity index (χ2v) is 5.48. The number of hydrogen-bond acceptors (Lipinski definition) is 3. The van der Waals surface area contributed by atoms with Gasteiger partial charge in [0, 0.05) is 30.9 Å². The highest BCUT2D eigenvalue weighted by Gasteiger charge is 2.16. The van der Waals surface area contributed by atoms with Gasteiger partial charge in [0.15, 0.2) is 0 Å². The SMILES string of the molecule is CCn1c(=O)c(-c2cc(N)c(F)cc2F)cc2ccc(NC)cc21. The lowest BCUT2D eigenvalue weighted by Gasteiger charge is -2.13. The van der Waals surface area contributed by atoms with Gasteiger partial charge in [-0.25, -0.2) is 8.78 Å². The first-order chi connectivity index (χ1) is 11.5. The Morgan fingerprint density at radius 2 is 1.83 bits per heavy atom. The average Bonchev–Trinajstić information content (AvgIpc) is 2.57. The molecule has 6 heteroatoms. The molecule has 0 amide bonds. The first kappa shape index (κ1) is 16.0. The third-order valence-electron chi connectivity index (χ3n) is 4.08. The molecule has 0 saturated carbocycles. The topological polar surface area (TPSA) is 60.0 Å². The van der Waals surface area contributed by atoms with Crippen LogP contribution in [0.3, 0.4) is 0 Å². The van der Waals surface area contributed by atoms with Crippen LogP contribution < -0.4 is 16.6 Å². The Hall–Kier alpha value is -2.89. The second kappa shape index (κ2) is 5.96. The molecule has 24 heavy (non-hydrogen) atoms. The Labute approximate surface area is 137 Å². The number of anilines is 2. The van der Waals surface area contributed by atoms with Crippen LogP contribution in [0.15, 0.2) is 41.2 Å². The van der Waals surface area contributed by atoms with E-state index in [9.17, 15) is 13.6 Å². The van der Waals surface area contributed by atoms with Crippen LogP contribution in [0.25, 0.3) is 22.0 Å². The van der Waals surface area contributed by atoms with Crippen molar-refractivity contribution in [2.45, 2.75) is 13.5 Å². The lowest BCUT2D eigenvalue weighted by Crippen LogP contribution is -2.21. The van der Waals surface area contributed by atoms with E-state index in [0.717, 1.165) is 22.7 Å². The lowest BCUT2D eigenvalue weighted by molar-refractivity contribution is 0.588. The molecule has 3 aromatic rings. The zero-order chi connectivity index (χ0) is 17.4. The summed E-state index contributed by atoms with van der Waals surface area (Å²) in [6.07, 6.45) is 0. The molecule has 0 spiro atoms. The average molecular weight is 329 g/mol. The van der Waals surface area contributed by atoms with E-state index in [1.54, 1.807) is 17.7 Å². The summed E-state index contributed by atoms with van der Waals surface area (Å²) in [4.78, 5) is 12.8. The molecule has 1 aromatic heterocycles. The van der Waals surface area contributed by atoms with E-state index in [2.05, 4.69) is 5.32 Å². The molecule has 0 saturated heterocycles. The molecule has 0 fully saturated rings. The number of halogens is 2. The highest BCUT2D eigenvalue weighted by Crippen LogP contribution is 2.28. The van der Waals surface area contributed by atoms with Gasteiger partial charge < -0.3 is 15.6 Å². The molecular weight excluding hydrogens is 312 g/mol. The van der Waals surface area contributed by atoms with Crippen LogP contribution in [0.5, 0.6) is 0 Å². The number of benzene rings is 2. The molecule has 1 heterocycles. The molecule has 0 aliphatic heterocycles. The van der Waals surface area contributed by atoms with Gasteiger partial charge in [0.05, 0.1) is 16.8 Å². The zero-order valence-electron chi connectivity index (χ0n) is 13.4. The lowest BCUT2D eigenvalue weighted by atomic mass is 10.0. The second-order valence-electron chi connectivity index (χ2n) is 5.48. The van der Waals surface area contributed by atoms with Crippen molar-refractivity contribution in [1.29, 1.82) is 0 Å². The maximum atomic E-state index is 14.2. The maximum absolute atomic E-state index is 14.2. The molecule has 2 aromatic carbocycles. The smallest absolute Gasteiger partial charge is 0.259 e. The molecule has 3 N–H and O–H groups in total. The fraction of sp³-hybridized carbons (Fsp3) is 0.167. The van der Waals surface area contributed by atoms with Crippen LogP contribution in [0.1, 0.15) is 6.92 Å². The number of nitrogens with zero attached hydrogens (tertiary/aromatic N) is 1. The third kappa shape index (κ3) is 2.50. The van der Waals surface area contributed by atoms with Crippen molar-refractivity contribution in [2.24, 2.45) is 0 Å². The molecular formula is C18H17F2N3O. The van der Waals surface area contributed by atoms with Crippen LogP contribution in [0.2, 0.25) is 0 Å². The summed E-state index contributed by atoms with van der Waals surface area (Å²) in [5, 5.41) is 3.81. The summed E-state index contributed by atoms with van der Waals surface area (Å²) in [6, 6.07) is 9.05. The number of aryl methyl sites for hydroxylation is 1. The summed E-state index contributed by atoms with van der Waals surface area (Å²) in [5.41, 5.74) is 6.77. The number of pyridine rings is 1. The molecule has 0 aliphatic carbocycles. The third-order valence-corrected chi connectivity index (χ3v) is 4.08. The van der Waals surface area contributed by atoms with E-state index < -0.39 is 11.6 Å². The van der Waals surface area contributed by atoms with Gasteiger partial charge in [-0.2, -0.15) is 0 Å². The van der Waals surface area contributed by atoms with Gasteiger partial charge >= 0.3 is 0 Å². The molecule has 124 valence electrons. The summed E-state index contributed by atoms with van der Waals surface area (Å²) >= 11 is 0. The van der Waals surface area contributed by atoms with Crippen LogP contribution in [-0.2, 0) is 6.54 Å². The van der Waals surface area contributed by atoms with Gasteiger partial charge in [-0.1, -0.05) is 6.07 Å². The predicted octanol–water partition coefficient (Wildman–Crippen LogP) is 3.59. The van der Waals surface area contributed by atoms with Gasteiger partial charge in [0.2, 0.25) is 0 Å². The monoisotopic (exact) mass is 329 g/mol. The fourth-order valence-electron chi connectivity index (χ4n) is 2.81. The predicted molar refractivity (Wildman–Crippen MR) is 93.2 cm³/mol. The molecule has 3 rings (SSSR count). The summed E-state index contributed by atoms with van der Waals surface area (Å²) in [5.74, 6) is -1.65. The molecule has 0 bridgehead atoms. The highest BCUT2D eigenvalue weighted by molar-refractivity contribution is 5.87.